The zero-order valence-electron chi connectivity index (χ0n) is 19.1. The number of benzene rings is 3. The number of carbonyl (C=O) groups is 2. The Morgan fingerprint density at radius 3 is 2.69 bits per heavy atom. The number of ether oxygens (including phenoxy) is 1. The van der Waals surface area contributed by atoms with Crippen LogP contribution >= 0.6 is 0 Å². The van der Waals surface area contributed by atoms with Crippen molar-refractivity contribution >= 4 is 28.8 Å². The zero-order chi connectivity index (χ0) is 24.2. The molecule has 2 N–H and O–H groups in total. The van der Waals surface area contributed by atoms with E-state index in [1.54, 1.807) is 23.7 Å². The van der Waals surface area contributed by atoms with E-state index < -0.39 is 5.91 Å². The highest BCUT2D eigenvalue weighted by molar-refractivity contribution is 5.97. The van der Waals surface area contributed by atoms with E-state index in [2.05, 4.69) is 0 Å². The highest BCUT2D eigenvalue weighted by atomic mass is 16.5. The van der Waals surface area contributed by atoms with Crippen molar-refractivity contribution < 1.29 is 19.5 Å². The molecule has 0 saturated carbocycles. The number of hydrogen-bond acceptors (Lipinski definition) is 4. The molecule has 7 heteroatoms. The Hall–Kier alpha value is -4.36. The molecular weight excluding hydrogens is 442 g/mol. The lowest BCUT2D eigenvalue weighted by Crippen LogP contribution is -2.34. The summed E-state index contributed by atoms with van der Waals surface area (Å²) < 4.78 is 7.94. The molecule has 0 aliphatic carbocycles. The zero-order valence-corrected chi connectivity index (χ0v) is 19.1. The van der Waals surface area contributed by atoms with E-state index in [-0.39, 0.29) is 12.6 Å². The molecule has 2 heterocycles. The van der Waals surface area contributed by atoms with Crippen LogP contribution in [0.2, 0.25) is 0 Å². The van der Waals surface area contributed by atoms with Gasteiger partial charge in [0, 0.05) is 30.9 Å². The minimum absolute atomic E-state index is 0.00793. The Morgan fingerprint density at radius 1 is 1.00 bits per heavy atom. The summed E-state index contributed by atoms with van der Waals surface area (Å²) >= 11 is 0. The highest BCUT2D eigenvalue weighted by Crippen LogP contribution is 2.25. The molecule has 1 aromatic heterocycles. The van der Waals surface area contributed by atoms with Crippen LogP contribution in [0.5, 0.6) is 5.75 Å². The van der Waals surface area contributed by atoms with Gasteiger partial charge in [0.1, 0.15) is 5.75 Å². The molecule has 3 aromatic carbocycles. The lowest BCUT2D eigenvalue weighted by molar-refractivity contribution is -0.126. The summed E-state index contributed by atoms with van der Waals surface area (Å²) in [6.07, 6.45) is 6.15. The number of nitrogens with one attached hydrogen (secondary N) is 1. The van der Waals surface area contributed by atoms with Gasteiger partial charge in [0.05, 0.1) is 5.52 Å². The number of amides is 2. The average Bonchev–Trinajstić information content (AvgIpc) is 3.32. The van der Waals surface area contributed by atoms with Crippen molar-refractivity contribution in [3.05, 3.63) is 107 Å². The molecule has 35 heavy (non-hydrogen) atoms. The molecule has 0 fully saturated rings. The Morgan fingerprint density at radius 2 is 1.86 bits per heavy atom. The van der Waals surface area contributed by atoms with Gasteiger partial charge >= 0.3 is 0 Å². The molecule has 0 spiro atoms. The van der Waals surface area contributed by atoms with E-state index in [1.165, 1.54) is 5.56 Å². The van der Waals surface area contributed by atoms with Gasteiger partial charge in [0.25, 0.3) is 5.91 Å². The number of rotatable bonds is 6. The fraction of sp³-hybridized carbons (Fsp3) is 0.143. The quantitative estimate of drug-likeness (QED) is 0.250. The van der Waals surface area contributed by atoms with Crippen molar-refractivity contribution in [1.29, 1.82) is 0 Å². The van der Waals surface area contributed by atoms with Gasteiger partial charge in [-0.3, -0.25) is 14.8 Å². The van der Waals surface area contributed by atoms with Crippen LogP contribution in [0.4, 0.5) is 0 Å². The summed E-state index contributed by atoms with van der Waals surface area (Å²) in [5.74, 6) is 0.200. The number of nitrogens with zero attached hydrogens (tertiary/aromatic N) is 2. The normalized spacial score (nSPS) is 13.1. The summed E-state index contributed by atoms with van der Waals surface area (Å²) in [6.45, 7) is 1.51. The maximum atomic E-state index is 12.6. The van der Waals surface area contributed by atoms with Crippen LogP contribution < -0.4 is 10.2 Å². The van der Waals surface area contributed by atoms with Gasteiger partial charge in [-0.1, -0.05) is 42.5 Å². The Balaban J connectivity index is 1.24. The smallest absolute Gasteiger partial charge is 0.274 e. The molecule has 0 radical (unpaired) electrons. The molecular formula is C28H25N3O4. The third-order valence-electron chi connectivity index (χ3n) is 6.23. The first-order valence-electron chi connectivity index (χ1n) is 11.4. The minimum Gasteiger partial charge on any atom is -0.473 e. The van der Waals surface area contributed by atoms with Crippen molar-refractivity contribution in [3.63, 3.8) is 0 Å². The molecule has 0 atom stereocenters. The Bertz CT molecular complexity index is 1410. The number of carbonyl (C=O) groups excluding carboxylic acids is 2. The Kier molecular flexibility index (Phi) is 6.32. The summed E-state index contributed by atoms with van der Waals surface area (Å²) in [7, 11) is 0. The topological polar surface area (TPSA) is 83.8 Å². The highest BCUT2D eigenvalue weighted by Gasteiger charge is 2.19. The van der Waals surface area contributed by atoms with Crippen molar-refractivity contribution in [2.24, 2.45) is 0 Å². The molecule has 4 aromatic rings. The lowest BCUT2D eigenvalue weighted by Gasteiger charge is -2.28. The second kappa shape index (κ2) is 9.87. The number of fused-ring (bicyclic) bond motifs is 2. The van der Waals surface area contributed by atoms with Crippen LogP contribution in [-0.2, 0) is 24.5 Å². The summed E-state index contributed by atoms with van der Waals surface area (Å²) in [5, 5.41) is 9.87. The van der Waals surface area contributed by atoms with Crippen LogP contribution in [0.25, 0.3) is 17.0 Å². The van der Waals surface area contributed by atoms with Crippen LogP contribution in [0.3, 0.4) is 0 Å². The van der Waals surface area contributed by atoms with Gasteiger partial charge in [-0.05, 0) is 64.9 Å². The van der Waals surface area contributed by atoms with E-state index in [4.69, 9.17) is 9.94 Å². The number of aromatic nitrogens is 1. The van der Waals surface area contributed by atoms with E-state index in [9.17, 15) is 9.59 Å². The predicted octanol–water partition coefficient (Wildman–Crippen LogP) is 4.39. The van der Waals surface area contributed by atoms with Crippen LogP contribution in [-0.4, -0.2) is 33.0 Å². The average molecular weight is 468 g/mol. The van der Waals surface area contributed by atoms with E-state index in [1.807, 2.05) is 82.4 Å². The van der Waals surface area contributed by atoms with Crippen LogP contribution in [0, 0.1) is 0 Å². The largest absolute Gasteiger partial charge is 0.473 e. The Labute approximate surface area is 202 Å². The predicted molar refractivity (Wildman–Crippen MR) is 133 cm³/mol. The van der Waals surface area contributed by atoms with Crippen LogP contribution in [0.15, 0.2) is 85.1 Å². The maximum absolute atomic E-state index is 12.6. The fourth-order valence-electron chi connectivity index (χ4n) is 4.29. The number of hydrogen-bond donors (Lipinski definition) is 2. The fourth-order valence-corrected chi connectivity index (χ4v) is 4.29. The van der Waals surface area contributed by atoms with Crippen molar-refractivity contribution in [2.75, 3.05) is 6.54 Å². The number of hydroxylamine groups is 1. The standard InChI is InChI=1S/C28H25N3O4/c32-27(11-6-20-4-2-1-3-5-20)30-14-13-22-16-25(10-9-24(22)18-30)35-19-31-15-12-21-7-8-23(17-26(21)31)28(33)29-34/h1-12,15-17,34H,13-14,18-19H2,(H,29,33). The van der Waals surface area contributed by atoms with Gasteiger partial charge in [-0.15, -0.1) is 0 Å². The molecule has 176 valence electrons. The third kappa shape index (κ3) is 4.95. The summed E-state index contributed by atoms with van der Waals surface area (Å²) in [5.41, 5.74) is 6.17. The van der Waals surface area contributed by atoms with E-state index in [0.29, 0.717) is 18.7 Å². The van der Waals surface area contributed by atoms with Gasteiger partial charge in [0.15, 0.2) is 6.73 Å². The first kappa shape index (κ1) is 22.4. The molecule has 0 unspecified atom stereocenters. The first-order chi connectivity index (χ1) is 17.1. The molecule has 0 saturated heterocycles. The SMILES string of the molecule is O=C(NO)c1ccc2ccn(COc3ccc4c(c3)CCN(C(=O)C=Cc3ccccc3)C4)c2c1. The van der Waals surface area contributed by atoms with E-state index >= 15 is 0 Å². The van der Waals surface area contributed by atoms with Crippen molar-refractivity contribution in [3.8, 4) is 5.75 Å². The molecule has 7 nitrogen and oxygen atoms in total. The molecule has 2 amide bonds. The molecule has 1 aliphatic rings. The van der Waals surface area contributed by atoms with Crippen LogP contribution in [0.1, 0.15) is 27.0 Å². The van der Waals surface area contributed by atoms with Gasteiger partial charge in [-0.25, -0.2) is 5.48 Å². The van der Waals surface area contributed by atoms with Gasteiger partial charge in [-0.2, -0.15) is 0 Å². The molecule has 5 rings (SSSR count). The third-order valence-corrected chi connectivity index (χ3v) is 6.23. The second-order valence-corrected chi connectivity index (χ2v) is 8.46. The summed E-state index contributed by atoms with van der Waals surface area (Å²) in [6, 6.07) is 22.9. The first-order valence-corrected chi connectivity index (χ1v) is 11.4. The van der Waals surface area contributed by atoms with Crippen molar-refractivity contribution in [2.45, 2.75) is 19.7 Å². The molecule has 1 aliphatic heterocycles. The van der Waals surface area contributed by atoms with Crippen molar-refractivity contribution in [1.82, 2.24) is 14.9 Å². The monoisotopic (exact) mass is 467 g/mol. The lowest BCUT2D eigenvalue weighted by atomic mass is 9.99. The molecule has 0 bridgehead atoms. The van der Waals surface area contributed by atoms with Gasteiger partial charge in [0.2, 0.25) is 5.91 Å². The minimum atomic E-state index is -0.557. The maximum Gasteiger partial charge on any atom is 0.274 e. The second-order valence-electron chi connectivity index (χ2n) is 8.46. The van der Waals surface area contributed by atoms with Gasteiger partial charge < -0.3 is 14.2 Å². The van der Waals surface area contributed by atoms with E-state index in [0.717, 1.165) is 34.2 Å². The summed E-state index contributed by atoms with van der Waals surface area (Å²) in [4.78, 5) is 26.2.